The van der Waals surface area contributed by atoms with E-state index >= 15 is 0 Å². The minimum absolute atomic E-state index is 0.0341. The molecule has 1 amide bonds. The molecule has 0 aromatic carbocycles. The van der Waals surface area contributed by atoms with Crippen LogP contribution in [-0.2, 0) is 11.2 Å². The lowest BCUT2D eigenvalue weighted by Crippen LogP contribution is -2.29. The van der Waals surface area contributed by atoms with Crippen LogP contribution in [0.25, 0.3) is 0 Å². The minimum atomic E-state index is -0.0341. The molecule has 0 aliphatic carbocycles. The largest absolute Gasteiger partial charge is 0.381 e. The van der Waals surface area contributed by atoms with Gasteiger partial charge in [0.15, 0.2) is 0 Å². The van der Waals surface area contributed by atoms with E-state index in [2.05, 4.69) is 22.5 Å². The summed E-state index contributed by atoms with van der Waals surface area (Å²) in [7, 11) is 1.82. The highest BCUT2D eigenvalue weighted by Gasteiger charge is 2.17. The summed E-state index contributed by atoms with van der Waals surface area (Å²) < 4.78 is 5.31. The number of carbonyl (C=O) groups excluding carboxylic acids is 1. The zero-order valence-electron chi connectivity index (χ0n) is 12.2. The third-order valence-electron chi connectivity index (χ3n) is 3.48. The van der Waals surface area contributed by atoms with Gasteiger partial charge in [0.05, 0.1) is 6.61 Å². The molecule has 2 rings (SSSR count). The van der Waals surface area contributed by atoms with Gasteiger partial charge in [-0.25, -0.2) is 4.98 Å². The Labute approximate surface area is 120 Å². The molecule has 0 saturated carbocycles. The number of amides is 1. The first kappa shape index (κ1) is 14.8. The smallest absolute Gasteiger partial charge is 0.251 e. The average molecular weight is 277 g/mol. The number of aromatic nitrogens is 1. The van der Waals surface area contributed by atoms with Crippen molar-refractivity contribution in [2.24, 2.45) is 5.92 Å². The Morgan fingerprint density at radius 1 is 1.50 bits per heavy atom. The maximum Gasteiger partial charge on any atom is 0.251 e. The summed E-state index contributed by atoms with van der Waals surface area (Å²) in [4.78, 5) is 16.7. The van der Waals surface area contributed by atoms with E-state index in [1.807, 2.05) is 13.1 Å². The summed E-state index contributed by atoms with van der Waals surface area (Å²) >= 11 is 0. The number of nitrogens with zero attached hydrogens (tertiary/aromatic N) is 1. The van der Waals surface area contributed by atoms with E-state index in [-0.39, 0.29) is 5.91 Å². The van der Waals surface area contributed by atoms with E-state index in [1.54, 1.807) is 6.07 Å². The van der Waals surface area contributed by atoms with Gasteiger partial charge in [-0.05, 0) is 25.0 Å². The Morgan fingerprint density at radius 3 is 3.00 bits per heavy atom. The van der Waals surface area contributed by atoms with Crippen molar-refractivity contribution in [2.45, 2.75) is 26.2 Å². The van der Waals surface area contributed by atoms with Gasteiger partial charge in [0, 0.05) is 37.4 Å². The summed E-state index contributed by atoms with van der Waals surface area (Å²) in [5, 5.41) is 5.99. The number of nitrogens with one attached hydrogen (secondary N) is 2. The number of pyridine rings is 1. The monoisotopic (exact) mass is 277 g/mol. The Morgan fingerprint density at radius 2 is 2.35 bits per heavy atom. The molecule has 2 heterocycles. The normalized spacial score (nSPS) is 18.0. The van der Waals surface area contributed by atoms with E-state index in [9.17, 15) is 4.79 Å². The first-order valence-corrected chi connectivity index (χ1v) is 7.27. The van der Waals surface area contributed by atoms with Crippen LogP contribution in [0.2, 0.25) is 0 Å². The Balaban J connectivity index is 2.01. The molecule has 1 aromatic rings. The molecule has 110 valence electrons. The quantitative estimate of drug-likeness (QED) is 0.833. The van der Waals surface area contributed by atoms with E-state index in [0.29, 0.717) is 18.0 Å². The molecule has 1 atom stereocenters. The molecule has 0 bridgehead atoms. The van der Waals surface area contributed by atoms with Crippen molar-refractivity contribution in [2.75, 3.05) is 32.1 Å². The molecule has 2 N–H and O–H groups in total. The molecular formula is C15H23N3O2. The maximum atomic E-state index is 12.2. The molecule has 0 radical (unpaired) electrons. The number of carbonyl (C=O) groups is 1. The molecule has 1 aliphatic heterocycles. The van der Waals surface area contributed by atoms with E-state index in [1.165, 1.54) is 0 Å². The number of rotatable bonds is 6. The van der Waals surface area contributed by atoms with Crippen LogP contribution in [0.5, 0.6) is 0 Å². The van der Waals surface area contributed by atoms with Gasteiger partial charge < -0.3 is 15.4 Å². The number of hydrogen-bond acceptors (Lipinski definition) is 4. The predicted octanol–water partition coefficient (Wildman–Crippen LogP) is 1.84. The maximum absolute atomic E-state index is 12.2. The second-order valence-electron chi connectivity index (χ2n) is 5.17. The van der Waals surface area contributed by atoms with Crippen LogP contribution in [0.1, 0.15) is 35.8 Å². The van der Waals surface area contributed by atoms with Gasteiger partial charge in [0.2, 0.25) is 0 Å². The standard InChI is InChI=1S/C15H23N3O2/c1-3-4-13-7-12(8-14(16-2)18-13)15(19)17-9-11-5-6-20-10-11/h7-8,11H,3-6,9-10H2,1-2H3,(H,16,18)(H,17,19). The van der Waals surface area contributed by atoms with Gasteiger partial charge in [-0.15, -0.1) is 0 Å². The fourth-order valence-electron chi connectivity index (χ4n) is 2.31. The van der Waals surface area contributed by atoms with Crippen LogP contribution in [0.15, 0.2) is 12.1 Å². The lowest BCUT2D eigenvalue weighted by Gasteiger charge is -2.11. The topological polar surface area (TPSA) is 63.2 Å². The van der Waals surface area contributed by atoms with Crippen LogP contribution >= 0.6 is 0 Å². The van der Waals surface area contributed by atoms with E-state index in [0.717, 1.165) is 44.0 Å². The second-order valence-corrected chi connectivity index (χ2v) is 5.17. The van der Waals surface area contributed by atoms with Crippen molar-refractivity contribution in [3.8, 4) is 0 Å². The van der Waals surface area contributed by atoms with Crippen molar-refractivity contribution in [3.05, 3.63) is 23.4 Å². The first-order chi connectivity index (χ1) is 9.72. The Kier molecular flexibility index (Phi) is 5.35. The highest BCUT2D eigenvalue weighted by atomic mass is 16.5. The van der Waals surface area contributed by atoms with Crippen molar-refractivity contribution in [1.29, 1.82) is 0 Å². The highest BCUT2D eigenvalue weighted by molar-refractivity contribution is 5.95. The molecule has 1 aliphatic rings. The summed E-state index contributed by atoms with van der Waals surface area (Å²) in [6.07, 6.45) is 2.92. The van der Waals surface area contributed by atoms with Crippen LogP contribution in [0, 0.1) is 5.92 Å². The second kappa shape index (κ2) is 7.24. The van der Waals surface area contributed by atoms with Crippen molar-refractivity contribution in [1.82, 2.24) is 10.3 Å². The lowest BCUT2D eigenvalue weighted by atomic mass is 10.1. The number of anilines is 1. The first-order valence-electron chi connectivity index (χ1n) is 7.27. The third-order valence-corrected chi connectivity index (χ3v) is 3.48. The molecular weight excluding hydrogens is 254 g/mol. The number of aryl methyl sites for hydroxylation is 1. The van der Waals surface area contributed by atoms with Gasteiger partial charge in [0.25, 0.3) is 5.91 Å². The summed E-state index contributed by atoms with van der Waals surface area (Å²) in [5.74, 6) is 1.15. The van der Waals surface area contributed by atoms with Gasteiger partial charge in [-0.1, -0.05) is 13.3 Å². The molecule has 5 heteroatoms. The molecule has 1 aromatic heterocycles. The molecule has 5 nitrogen and oxygen atoms in total. The van der Waals surface area contributed by atoms with Gasteiger partial charge >= 0.3 is 0 Å². The fourth-order valence-corrected chi connectivity index (χ4v) is 2.31. The van der Waals surface area contributed by atoms with Crippen LogP contribution in [0.3, 0.4) is 0 Å². The van der Waals surface area contributed by atoms with Crippen molar-refractivity contribution >= 4 is 11.7 Å². The van der Waals surface area contributed by atoms with Crippen molar-refractivity contribution in [3.63, 3.8) is 0 Å². The SMILES string of the molecule is CCCc1cc(C(=O)NCC2CCOC2)cc(NC)n1. The Hall–Kier alpha value is -1.62. The zero-order valence-corrected chi connectivity index (χ0v) is 12.2. The van der Waals surface area contributed by atoms with E-state index in [4.69, 9.17) is 4.74 Å². The van der Waals surface area contributed by atoms with Crippen LogP contribution in [0.4, 0.5) is 5.82 Å². The molecule has 1 fully saturated rings. The summed E-state index contributed by atoms with van der Waals surface area (Å²) in [6, 6.07) is 3.67. The zero-order chi connectivity index (χ0) is 14.4. The minimum Gasteiger partial charge on any atom is -0.381 e. The molecule has 1 unspecified atom stereocenters. The molecule has 0 spiro atoms. The molecule has 1 saturated heterocycles. The lowest BCUT2D eigenvalue weighted by molar-refractivity contribution is 0.0945. The number of hydrogen-bond donors (Lipinski definition) is 2. The van der Waals surface area contributed by atoms with Crippen LogP contribution < -0.4 is 10.6 Å². The predicted molar refractivity (Wildman–Crippen MR) is 79.0 cm³/mol. The van der Waals surface area contributed by atoms with Crippen LogP contribution in [-0.4, -0.2) is 37.7 Å². The molecule has 20 heavy (non-hydrogen) atoms. The summed E-state index contributed by atoms with van der Waals surface area (Å²) in [5.41, 5.74) is 1.63. The number of ether oxygens (including phenoxy) is 1. The van der Waals surface area contributed by atoms with E-state index < -0.39 is 0 Å². The highest BCUT2D eigenvalue weighted by Crippen LogP contribution is 2.13. The summed E-state index contributed by atoms with van der Waals surface area (Å²) in [6.45, 7) is 4.34. The van der Waals surface area contributed by atoms with Gasteiger partial charge in [-0.3, -0.25) is 4.79 Å². The van der Waals surface area contributed by atoms with Gasteiger partial charge in [-0.2, -0.15) is 0 Å². The van der Waals surface area contributed by atoms with Crippen molar-refractivity contribution < 1.29 is 9.53 Å². The average Bonchev–Trinajstić information content (AvgIpc) is 2.98. The fraction of sp³-hybridized carbons (Fsp3) is 0.600. The Bertz CT molecular complexity index is 456. The van der Waals surface area contributed by atoms with Gasteiger partial charge in [0.1, 0.15) is 5.82 Å². The third kappa shape index (κ3) is 3.93.